The van der Waals surface area contributed by atoms with Gasteiger partial charge in [0.15, 0.2) is 0 Å². The van der Waals surface area contributed by atoms with Crippen molar-refractivity contribution in [3.8, 4) is 5.75 Å². The number of nitrogens with one attached hydrogen (secondary N) is 2. The van der Waals surface area contributed by atoms with Crippen LogP contribution in [0.5, 0.6) is 5.75 Å². The molecule has 1 fully saturated rings. The predicted octanol–water partition coefficient (Wildman–Crippen LogP) is 1.84. The van der Waals surface area contributed by atoms with Crippen molar-refractivity contribution in [1.82, 2.24) is 5.32 Å². The molecular weight excluding hydrogens is 296 g/mol. The van der Waals surface area contributed by atoms with Crippen LogP contribution in [-0.4, -0.2) is 37.2 Å². The van der Waals surface area contributed by atoms with Gasteiger partial charge in [-0.3, -0.25) is 4.79 Å². The largest absolute Gasteiger partial charge is 0.496 e. The predicted molar refractivity (Wildman–Crippen MR) is 79.1 cm³/mol. The number of halogens is 1. The van der Waals surface area contributed by atoms with Crippen LogP contribution >= 0.6 is 11.6 Å². The first-order valence-electron chi connectivity index (χ1n) is 6.56. The number of aromatic carboxylic acids is 1. The van der Waals surface area contributed by atoms with E-state index >= 15 is 0 Å². The monoisotopic (exact) mass is 312 g/mol. The summed E-state index contributed by atoms with van der Waals surface area (Å²) in [5.41, 5.74) is 0.305. The lowest BCUT2D eigenvalue weighted by atomic mass is 9.97. The van der Waals surface area contributed by atoms with Crippen molar-refractivity contribution in [2.75, 3.05) is 25.5 Å². The Balaban J connectivity index is 2.24. The molecule has 0 aliphatic carbocycles. The number of amides is 1. The van der Waals surface area contributed by atoms with Gasteiger partial charge in [-0.15, -0.1) is 0 Å². The number of hydrogen-bond acceptors (Lipinski definition) is 4. The Morgan fingerprint density at radius 1 is 1.43 bits per heavy atom. The molecule has 1 aromatic carbocycles. The molecule has 21 heavy (non-hydrogen) atoms. The van der Waals surface area contributed by atoms with E-state index in [4.69, 9.17) is 21.4 Å². The summed E-state index contributed by atoms with van der Waals surface area (Å²) >= 11 is 6.04. The molecule has 0 aromatic heterocycles. The smallest absolute Gasteiger partial charge is 0.339 e. The van der Waals surface area contributed by atoms with Crippen molar-refractivity contribution in [1.29, 1.82) is 0 Å². The molecule has 114 valence electrons. The molecule has 1 aromatic rings. The molecule has 2 atom stereocenters. The van der Waals surface area contributed by atoms with Gasteiger partial charge in [0.1, 0.15) is 11.3 Å². The Hall–Kier alpha value is -1.79. The summed E-state index contributed by atoms with van der Waals surface area (Å²) in [6.45, 7) is 3.42. The highest BCUT2D eigenvalue weighted by Gasteiger charge is 2.30. The third-order valence-corrected chi connectivity index (χ3v) is 3.94. The molecule has 0 radical (unpaired) electrons. The molecule has 1 amide bonds. The highest BCUT2D eigenvalue weighted by molar-refractivity contribution is 6.34. The number of benzene rings is 1. The third-order valence-electron chi connectivity index (χ3n) is 3.63. The Labute approximate surface area is 127 Å². The number of carbonyl (C=O) groups is 2. The van der Waals surface area contributed by atoms with Gasteiger partial charge in [0, 0.05) is 12.6 Å². The minimum Gasteiger partial charge on any atom is -0.496 e. The highest BCUT2D eigenvalue weighted by Crippen LogP contribution is 2.31. The van der Waals surface area contributed by atoms with Gasteiger partial charge in [0.25, 0.3) is 0 Å². The second-order valence-electron chi connectivity index (χ2n) is 5.07. The van der Waals surface area contributed by atoms with Gasteiger partial charge in [0.2, 0.25) is 5.91 Å². The van der Waals surface area contributed by atoms with Crippen LogP contribution in [0.3, 0.4) is 0 Å². The number of methoxy groups -OCH3 is 1. The van der Waals surface area contributed by atoms with Crippen molar-refractivity contribution >= 4 is 29.2 Å². The normalized spacial score (nSPS) is 21.1. The van der Waals surface area contributed by atoms with Gasteiger partial charge in [-0.05, 0) is 18.5 Å². The Kier molecular flexibility index (Phi) is 4.69. The van der Waals surface area contributed by atoms with E-state index in [1.807, 2.05) is 6.92 Å². The van der Waals surface area contributed by atoms with Crippen molar-refractivity contribution in [3.05, 3.63) is 22.7 Å². The topological polar surface area (TPSA) is 87.7 Å². The molecule has 1 saturated heterocycles. The van der Waals surface area contributed by atoms with E-state index in [1.165, 1.54) is 19.2 Å². The molecule has 0 spiro atoms. The van der Waals surface area contributed by atoms with Gasteiger partial charge < -0.3 is 20.5 Å². The third kappa shape index (κ3) is 3.28. The Bertz CT molecular complexity index is 576. The molecule has 7 heteroatoms. The highest BCUT2D eigenvalue weighted by atomic mass is 35.5. The van der Waals surface area contributed by atoms with Crippen molar-refractivity contribution < 1.29 is 19.4 Å². The molecule has 3 N–H and O–H groups in total. The van der Waals surface area contributed by atoms with Crippen LogP contribution in [0.2, 0.25) is 5.02 Å². The van der Waals surface area contributed by atoms with Crippen LogP contribution in [0.25, 0.3) is 0 Å². The summed E-state index contributed by atoms with van der Waals surface area (Å²) in [6.07, 6.45) is 0. The standard InChI is InChI=1S/C14H17ClN2O4/c1-7-5-16-6-9(7)13(18)17-11-4-12(21-2)8(14(19)20)3-10(11)15/h3-4,7,9,16H,5-6H2,1-2H3,(H,17,18)(H,19,20). The van der Waals surface area contributed by atoms with E-state index in [9.17, 15) is 9.59 Å². The molecular formula is C14H17ClN2O4. The summed E-state index contributed by atoms with van der Waals surface area (Å²) in [7, 11) is 1.37. The number of carboxylic acids is 1. The summed E-state index contributed by atoms with van der Waals surface area (Å²) in [5.74, 6) is -1.02. The quantitative estimate of drug-likeness (QED) is 0.789. The molecule has 1 aliphatic rings. The number of rotatable bonds is 4. The fraction of sp³-hybridized carbons (Fsp3) is 0.429. The first kappa shape index (κ1) is 15.6. The molecule has 1 heterocycles. The number of hydrogen-bond donors (Lipinski definition) is 3. The zero-order valence-corrected chi connectivity index (χ0v) is 12.5. The van der Waals surface area contributed by atoms with E-state index in [1.54, 1.807) is 0 Å². The Morgan fingerprint density at radius 3 is 2.67 bits per heavy atom. The van der Waals surface area contributed by atoms with Crippen LogP contribution < -0.4 is 15.4 Å². The molecule has 2 rings (SSSR count). The van der Waals surface area contributed by atoms with Gasteiger partial charge in [-0.25, -0.2) is 4.79 Å². The number of ether oxygens (including phenoxy) is 1. The second-order valence-corrected chi connectivity index (χ2v) is 5.48. The average molecular weight is 313 g/mol. The maximum atomic E-state index is 12.2. The van der Waals surface area contributed by atoms with Crippen LogP contribution in [0, 0.1) is 11.8 Å². The van der Waals surface area contributed by atoms with Crippen LogP contribution in [0.15, 0.2) is 12.1 Å². The first-order chi connectivity index (χ1) is 9.93. The van der Waals surface area contributed by atoms with E-state index in [-0.39, 0.29) is 34.1 Å². The van der Waals surface area contributed by atoms with E-state index in [0.717, 1.165) is 6.54 Å². The molecule has 0 bridgehead atoms. The molecule has 2 unspecified atom stereocenters. The fourth-order valence-electron chi connectivity index (χ4n) is 2.37. The number of carboxylic acid groups (broad SMARTS) is 1. The fourth-order valence-corrected chi connectivity index (χ4v) is 2.58. The zero-order valence-electron chi connectivity index (χ0n) is 11.8. The van der Waals surface area contributed by atoms with Gasteiger partial charge in [0.05, 0.1) is 23.7 Å². The van der Waals surface area contributed by atoms with Crippen molar-refractivity contribution in [3.63, 3.8) is 0 Å². The SMILES string of the molecule is COc1cc(NC(=O)C2CNCC2C)c(Cl)cc1C(=O)O. The van der Waals surface area contributed by atoms with Crippen molar-refractivity contribution in [2.45, 2.75) is 6.92 Å². The molecule has 6 nitrogen and oxygen atoms in total. The van der Waals surface area contributed by atoms with Gasteiger partial charge in [-0.2, -0.15) is 0 Å². The molecule has 1 aliphatic heterocycles. The number of anilines is 1. The summed E-state index contributed by atoms with van der Waals surface area (Å²) in [4.78, 5) is 23.3. The maximum absolute atomic E-state index is 12.2. The zero-order chi connectivity index (χ0) is 15.6. The first-order valence-corrected chi connectivity index (χ1v) is 6.94. The van der Waals surface area contributed by atoms with E-state index in [2.05, 4.69) is 10.6 Å². The van der Waals surface area contributed by atoms with E-state index in [0.29, 0.717) is 12.2 Å². The van der Waals surface area contributed by atoms with E-state index < -0.39 is 5.97 Å². The molecule has 0 saturated carbocycles. The second kappa shape index (κ2) is 6.32. The summed E-state index contributed by atoms with van der Waals surface area (Å²) < 4.78 is 5.03. The van der Waals surface area contributed by atoms with Gasteiger partial charge >= 0.3 is 5.97 Å². The van der Waals surface area contributed by atoms with Crippen LogP contribution in [0.4, 0.5) is 5.69 Å². The Morgan fingerprint density at radius 2 is 2.14 bits per heavy atom. The summed E-state index contributed by atoms with van der Waals surface area (Å²) in [6, 6.07) is 2.70. The lowest BCUT2D eigenvalue weighted by Gasteiger charge is -2.16. The average Bonchev–Trinajstić information content (AvgIpc) is 2.86. The lowest BCUT2D eigenvalue weighted by molar-refractivity contribution is -0.120. The van der Waals surface area contributed by atoms with Crippen molar-refractivity contribution in [2.24, 2.45) is 11.8 Å². The van der Waals surface area contributed by atoms with Crippen LogP contribution in [-0.2, 0) is 4.79 Å². The van der Waals surface area contributed by atoms with Gasteiger partial charge in [-0.1, -0.05) is 18.5 Å². The number of carbonyl (C=O) groups excluding carboxylic acids is 1. The summed E-state index contributed by atoms with van der Waals surface area (Å²) in [5, 5.41) is 15.1. The lowest BCUT2D eigenvalue weighted by Crippen LogP contribution is -2.28. The van der Waals surface area contributed by atoms with Crippen LogP contribution in [0.1, 0.15) is 17.3 Å². The minimum absolute atomic E-state index is 0.0450. The maximum Gasteiger partial charge on any atom is 0.339 e. The minimum atomic E-state index is -1.14.